The van der Waals surface area contributed by atoms with Gasteiger partial charge in [0.2, 0.25) is 0 Å². The van der Waals surface area contributed by atoms with E-state index in [1.165, 1.54) is 18.2 Å². The molecule has 0 bridgehead atoms. The van der Waals surface area contributed by atoms with Crippen LogP contribution < -0.4 is 10.6 Å². The summed E-state index contributed by atoms with van der Waals surface area (Å²) < 4.78 is 13.2. The molecule has 7 heteroatoms. The third kappa shape index (κ3) is 4.90. The molecule has 4 nitrogen and oxygen atoms in total. The number of rotatable bonds is 2. The van der Waals surface area contributed by atoms with Crippen molar-refractivity contribution in [2.75, 3.05) is 5.32 Å². The van der Waals surface area contributed by atoms with E-state index in [0.717, 1.165) is 11.6 Å². The molecule has 0 unspecified atom stereocenters. The summed E-state index contributed by atoms with van der Waals surface area (Å²) in [7, 11) is 0. The lowest BCUT2D eigenvalue weighted by molar-refractivity contribution is 0.0977. The molecule has 0 atom stereocenters. The van der Waals surface area contributed by atoms with Crippen molar-refractivity contribution in [3.05, 3.63) is 58.4 Å². The maximum Gasteiger partial charge on any atom is 0.257 e. The van der Waals surface area contributed by atoms with Crippen molar-refractivity contribution < 1.29 is 14.3 Å². The third-order valence-electron chi connectivity index (χ3n) is 3.49. The Balaban J connectivity index is 2.18. The summed E-state index contributed by atoms with van der Waals surface area (Å²) in [5, 5.41) is 15.4. The number of carbonyl (C=O) groups excluding carboxylic acids is 1. The number of phenolic OH excluding ortho intramolecular Hbond substituents is 1. The number of hydrogen-bond donors (Lipinski definition) is 3. The molecule has 0 heterocycles. The lowest BCUT2D eigenvalue weighted by Gasteiger charge is -2.21. The SMILES string of the molecule is CC(C)(C)c1cc(Cl)c(O)c(NC(=S)NC(=O)c2cccc(F)c2)c1. The summed E-state index contributed by atoms with van der Waals surface area (Å²) >= 11 is 11.2. The number of aromatic hydroxyl groups is 1. The molecule has 3 N–H and O–H groups in total. The predicted octanol–water partition coefficient (Wildman–Crippen LogP) is 4.61. The summed E-state index contributed by atoms with van der Waals surface area (Å²) in [5.74, 6) is -1.25. The molecule has 0 saturated carbocycles. The van der Waals surface area contributed by atoms with E-state index in [1.54, 1.807) is 12.1 Å². The van der Waals surface area contributed by atoms with Gasteiger partial charge in [0.15, 0.2) is 10.9 Å². The fourth-order valence-electron chi connectivity index (χ4n) is 2.09. The molecule has 2 aromatic rings. The number of amides is 1. The minimum Gasteiger partial charge on any atom is -0.504 e. The highest BCUT2D eigenvalue weighted by molar-refractivity contribution is 7.80. The van der Waals surface area contributed by atoms with Crippen LogP contribution in [0.1, 0.15) is 36.7 Å². The van der Waals surface area contributed by atoms with Crippen LogP contribution >= 0.6 is 23.8 Å². The van der Waals surface area contributed by atoms with Crippen molar-refractivity contribution in [3.8, 4) is 5.75 Å². The maximum absolute atomic E-state index is 13.2. The van der Waals surface area contributed by atoms with Crippen LogP contribution in [0.25, 0.3) is 0 Å². The molecule has 0 aliphatic heterocycles. The zero-order valence-corrected chi connectivity index (χ0v) is 15.6. The van der Waals surface area contributed by atoms with Crippen LogP contribution in [0.3, 0.4) is 0 Å². The number of hydrogen-bond acceptors (Lipinski definition) is 3. The summed E-state index contributed by atoms with van der Waals surface area (Å²) in [6, 6.07) is 8.63. The van der Waals surface area contributed by atoms with Crippen LogP contribution in [-0.2, 0) is 5.41 Å². The van der Waals surface area contributed by atoms with Gasteiger partial charge in [0.25, 0.3) is 5.91 Å². The fourth-order valence-corrected chi connectivity index (χ4v) is 2.51. The second kappa shape index (κ2) is 7.37. The summed E-state index contributed by atoms with van der Waals surface area (Å²) in [6.07, 6.45) is 0. The Labute approximate surface area is 156 Å². The minimum atomic E-state index is -0.561. The lowest BCUT2D eigenvalue weighted by atomic mass is 9.87. The van der Waals surface area contributed by atoms with E-state index in [2.05, 4.69) is 10.6 Å². The normalized spacial score (nSPS) is 11.1. The molecule has 0 fully saturated rings. The molecule has 0 aliphatic carbocycles. The molecule has 1 amide bonds. The summed E-state index contributed by atoms with van der Waals surface area (Å²) in [5.41, 5.74) is 1.11. The second-order valence-corrected chi connectivity index (χ2v) is 7.34. The van der Waals surface area contributed by atoms with Crippen LogP contribution in [0.15, 0.2) is 36.4 Å². The van der Waals surface area contributed by atoms with Gasteiger partial charge in [0.05, 0.1) is 10.7 Å². The van der Waals surface area contributed by atoms with Crippen LogP contribution in [0.2, 0.25) is 5.02 Å². The number of halogens is 2. The van der Waals surface area contributed by atoms with Crippen LogP contribution in [0, 0.1) is 5.82 Å². The number of benzene rings is 2. The zero-order chi connectivity index (χ0) is 18.8. The van der Waals surface area contributed by atoms with Gasteiger partial charge in [0.1, 0.15) is 5.82 Å². The van der Waals surface area contributed by atoms with Crippen molar-refractivity contribution >= 4 is 40.5 Å². The van der Waals surface area contributed by atoms with E-state index in [4.69, 9.17) is 23.8 Å². The Hall–Kier alpha value is -2.18. The molecule has 0 radical (unpaired) electrons. The van der Waals surface area contributed by atoms with E-state index in [1.807, 2.05) is 20.8 Å². The Morgan fingerprint density at radius 2 is 1.92 bits per heavy atom. The number of carbonyl (C=O) groups is 1. The largest absolute Gasteiger partial charge is 0.504 e. The first-order chi connectivity index (χ1) is 11.6. The fraction of sp³-hybridized carbons (Fsp3) is 0.222. The smallest absolute Gasteiger partial charge is 0.257 e. The van der Waals surface area contributed by atoms with Crippen LogP contribution in [0.4, 0.5) is 10.1 Å². The van der Waals surface area contributed by atoms with E-state index >= 15 is 0 Å². The average Bonchev–Trinajstić information content (AvgIpc) is 2.50. The highest BCUT2D eigenvalue weighted by Gasteiger charge is 2.19. The Morgan fingerprint density at radius 1 is 1.24 bits per heavy atom. The Kier molecular flexibility index (Phi) is 5.65. The van der Waals surface area contributed by atoms with Crippen LogP contribution in [-0.4, -0.2) is 16.1 Å². The molecule has 0 aliphatic rings. The summed E-state index contributed by atoms with van der Waals surface area (Å²) in [6.45, 7) is 6.01. The van der Waals surface area contributed by atoms with Gasteiger partial charge in [-0.1, -0.05) is 38.4 Å². The van der Waals surface area contributed by atoms with Gasteiger partial charge in [-0.05, 0) is 53.5 Å². The van der Waals surface area contributed by atoms with Gasteiger partial charge in [-0.2, -0.15) is 0 Å². The first-order valence-corrected chi connectivity index (χ1v) is 8.27. The highest BCUT2D eigenvalue weighted by atomic mass is 35.5. The summed E-state index contributed by atoms with van der Waals surface area (Å²) in [4.78, 5) is 12.1. The quantitative estimate of drug-likeness (QED) is 0.526. The molecule has 25 heavy (non-hydrogen) atoms. The van der Waals surface area contributed by atoms with Crippen molar-refractivity contribution in [1.29, 1.82) is 0 Å². The minimum absolute atomic E-state index is 0.0355. The maximum atomic E-state index is 13.2. The van der Waals surface area contributed by atoms with Gasteiger partial charge < -0.3 is 10.4 Å². The monoisotopic (exact) mass is 380 g/mol. The third-order valence-corrected chi connectivity index (χ3v) is 3.98. The predicted molar refractivity (Wildman–Crippen MR) is 102 cm³/mol. The van der Waals surface area contributed by atoms with Crippen molar-refractivity contribution in [2.24, 2.45) is 0 Å². The van der Waals surface area contributed by atoms with Crippen molar-refractivity contribution in [2.45, 2.75) is 26.2 Å². The topological polar surface area (TPSA) is 61.4 Å². The van der Waals surface area contributed by atoms with Gasteiger partial charge >= 0.3 is 0 Å². The standard InChI is InChI=1S/C18H18ClFN2O2S/c1-18(2,3)11-8-13(19)15(23)14(9-11)21-17(25)22-16(24)10-5-4-6-12(20)7-10/h4-9,23H,1-3H3,(H2,21,22,24,25). The first-order valence-electron chi connectivity index (χ1n) is 7.49. The lowest BCUT2D eigenvalue weighted by Crippen LogP contribution is -2.34. The molecule has 2 aromatic carbocycles. The number of nitrogens with one attached hydrogen (secondary N) is 2. The van der Waals surface area contributed by atoms with E-state index < -0.39 is 11.7 Å². The van der Waals surface area contributed by atoms with Gasteiger partial charge in [-0.25, -0.2) is 4.39 Å². The molecular formula is C18H18ClFN2O2S. The van der Waals surface area contributed by atoms with E-state index in [9.17, 15) is 14.3 Å². The van der Waals surface area contributed by atoms with Gasteiger partial charge in [0, 0.05) is 5.56 Å². The Bertz CT molecular complexity index is 834. The first kappa shape index (κ1) is 19.1. The van der Waals surface area contributed by atoms with Gasteiger partial charge in [-0.15, -0.1) is 0 Å². The Morgan fingerprint density at radius 3 is 2.52 bits per heavy atom. The molecule has 132 valence electrons. The molecule has 0 saturated heterocycles. The second-order valence-electron chi connectivity index (χ2n) is 6.52. The van der Waals surface area contributed by atoms with Crippen molar-refractivity contribution in [1.82, 2.24) is 5.32 Å². The van der Waals surface area contributed by atoms with E-state index in [0.29, 0.717) is 0 Å². The molecule has 0 spiro atoms. The van der Waals surface area contributed by atoms with Crippen LogP contribution in [0.5, 0.6) is 5.75 Å². The highest BCUT2D eigenvalue weighted by Crippen LogP contribution is 2.37. The van der Waals surface area contributed by atoms with Gasteiger partial charge in [-0.3, -0.25) is 10.1 Å². The molecular weight excluding hydrogens is 363 g/mol. The number of anilines is 1. The number of thiocarbonyl (C=S) groups is 1. The number of phenols is 1. The van der Waals surface area contributed by atoms with E-state index in [-0.39, 0.29) is 32.6 Å². The average molecular weight is 381 g/mol. The molecule has 2 rings (SSSR count). The van der Waals surface area contributed by atoms with Crippen molar-refractivity contribution in [3.63, 3.8) is 0 Å². The molecule has 0 aromatic heterocycles. The zero-order valence-electron chi connectivity index (χ0n) is 14.0.